The predicted molar refractivity (Wildman–Crippen MR) is 83.2 cm³/mol. The second-order valence-electron chi connectivity index (χ2n) is 4.61. The standard InChI is InChI=1S/C16H10INO/c17-15-11-6-2-1-5-10(11)14-9-18-19-16(14)13-8-4-3-7-12(13)15/h1-9,15H. The van der Waals surface area contributed by atoms with E-state index in [-0.39, 0.29) is 0 Å². The van der Waals surface area contributed by atoms with Gasteiger partial charge in [-0.05, 0) is 16.7 Å². The quantitative estimate of drug-likeness (QED) is 0.424. The maximum absolute atomic E-state index is 5.51. The van der Waals surface area contributed by atoms with Crippen LogP contribution in [0, 0.1) is 0 Å². The van der Waals surface area contributed by atoms with Gasteiger partial charge in [0.15, 0.2) is 5.76 Å². The van der Waals surface area contributed by atoms with Crippen LogP contribution in [0.15, 0.2) is 59.3 Å². The summed E-state index contributed by atoms with van der Waals surface area (Å²) >= 11 is 2.50. The lowest BCUT2D eigenvalue weighted by Crippen LogP contribution is -1.94. The van der Waals surface area contributed by atoms with E-state index < -0.39 is 0 Å². The fraction of sp³-hybridized carbons (Fsp3) is 0.0625. The third-order valence-corrected chi connectivity index (χ3v) is 4.91. The molecule has 0 N–H and O–H groups in total. The number of fused-ring (bicyclic) bond motifs is 5. The molecule has 1 aromatic heterocycles. The average molecular weight is 359 g/mol. The van der Waals surface area contributed by atoms with Gasteiger partial charge >= 0.3 is 0 Å². The SMILES string of the molecule is IC1c2ccccc2-c2cnoc2-c2ccccc21. The number of halogens is 1. The molecule has 0 radical (unpaired) electrons. The summed E-state index contributed by atoms with van der Waals surface area (Å²) in [5.74, 6) is 0.877. The van der Waals surface area contributed by atoms with E-state index in [1.807, 2.05) is 12.3 Å². The van der Waals surface area contributed by atoms with Gasteiger partial charge in [0.1, 0.15) is 0 Å². The molecule has 92 valence electrons. The number of hydrogen-bond acceptors (Lipinski definition) is 2. The number of alkyl halides is 1. The van der Waals surface area contributed by atoms with Crippen LogP contribution in [0.25, 0.3) is 22.5 Å². The van der Waals surface area contributed by atoms with Gasteiger partial charge in [-0.15, -0.1) is 0 Å². The smallest absolute Gasteiger partial charge is 0.174 e. The highest BCUT2D eigenvalue weighted by Crippen LogP contribution is 2.47. The number of benzene rings is 2. The normalized spacial score (nSPS) is 16.2. The molecule has 0 amide bonds. The van der Waals surface area contributed by atoms with Crippen LogP contribution in [0.1, 0.15) is 15.1 Å². The first-order chi connectivity index (χ1) is 9.36. The van der Waals surface area contributed by atoms with E-state index in [9.17, 15) is 0 Å². The topological polar surface area (TPSA) is 26.0 Å². The molecule has 4 rings (SSSR count). The zero-order chi connectivity index (χ0) is 12.8. The van der Waals surface area contributed by atoms with Crippen molar-refractivity contribution in [1.29, 1.82) is 0 Å². The van der Waals surface area contributed by atoms with Gasteiger partial charge < -0.3 is 4.52 Å². The highest BCUT2D eigenvalue weighted by molar-refractivity contribution is 14.1. The molecule has 0 aliphatic heterocycles. The van der Waals surface area contributed by atoms with Crippen LogP contribution in [0.3, 0.4) is 0 Å². The molecule has 1 aliphatic rings. The van der Waals surface area contributed by atoms with Crippen molar-refractivity contribution in [2.75, 3.05) is 0 Å². The minimum atomic E-state index is 0.326. The van der Waals surface area contributed by atoms with Crippen LogP contribution in [0.2, 0.25) is 0 Å². The first kappa shape index (κ1) is 11.2. The van der Waals surface area contributed by atoms with E-state index in [2.05, 4.69) is 70.2 Å². The summed E-state index contributed by atoms with van der Waals surface area (Å²) in [6, 6.07) is 16.9. The van der Waals surface area contributed by atoms with Crippen molar-refractivity contribution in [1.82, 2.24) is 5.16 Å². The zero-order valence-electron chi connectivity index (χ0n) is 10.0. The van der Waals surface area contributed by atoms with Gasteiger partial charge in [-0.3, -0.25) is 0 Å². The number of nitrogens with zero attached hydrogens (tertiary/aromatic N) is 1. The third kappa shape index (κ3) is 1.57. The van der Waals surface area contributed by atoms with E-state index in [0.717, 1.165) is 16.9 Å². The maximum atomic E-state index is 5.51. The molecule has 0 fully saturated rings. The second kappa shape index (κ2) is 4.20. The summed E-state index contributed by atoms with van der Waals surface area (Å²) in [6.07, 6.45) is 1.82. The molecule has 1 heterocycles. The van der Waals surface area contributed by atoms with E-state index in [1.54, 1.807) is 0 Å². The highest BCUT2D eigenvalue weighted by atomic mass is 127. The van der Waals surface area contributed by atoms with E-state index >= 15 is 0 Å². The van der Waals surface area contributed by atoms with E-state index in [0.29, 0.717) is 3.92 Å². The minimum absolute atomic E-state index is 0.326. The first-order valence-electron chi connectivity index (χ1n) is 6.13. The molecule has 1 unspecified atom stereocenters. The summed E-state index contributed by atoms with van der Waals surface area (Å²) in [4.78, 5) is 0. The minimum Gasteiger partial charge on any atom is -0.356 e. The maximum Gasteiger partial charge on any atom is 0.174 e. The number of rotatable bonds is 0. The van der Waals surface area contributed by atoms with Gasteiger partial charge in [-0.1, -0.05) is 76.3 Å². The molecule has 2 nitrogen and oxygen atoms in total. The Morgan fingerprint density at radius 1 is 0.842 bits per heavy atom. The van der Waals surface area contributed by atoms with Crippen molar-refractivity contribution in [3.8, 4) is 22.5 Å². The number of aromatic nitrogens is 1. The molecule has 3 aromatic rings. The van der Waals surface area contributed by atoms with Crippen LogP contribution < -0.4 is 0 Å². The van der Waals surface area contributed by atoms with Crippen molar-refractivity contribution in [3.63, 3.8) is 0 Å². The molecule has 0 bridgehead atoms. The average Bonchev–Trinajstić information content (AvgIpc) is 2.92. The Balaban J connectivity index is 2.15. The molecular weight excluding hydrogens is 349 g/mol. The van der Waals surface area contributed by atoms with Crippen LogP contribution in [-0.2, 0) is 0 Å². The van der Waals surface area contributed by atoms with Crippen LogP contribution in [-0.4, -0.2) is 5.16 Å². The molecule has 0 saturated carbocycles. The van der Waals surface area contributed by atoms with Gasteiger partial charge in [0.25, 0.3) is 0 Å². The molecule has 1 aliphatic carbocycles. The van der Waals surface area contributed by atoms with Crippen molar-refractivity contribution in [2.45, 2.75) is 3.92 Å². The van der Waals surface area contributed by atoms with Crippen molar-refractivity contribution in [2.24, 2.45) is 0 Å². The lowest BCUT2D eigenvalue weighted by Gasteiger charge is -2.13. The van der Waals surface area contributed by atoms with Gasteiger partial charge in [0, 0.05) is 11.1 Å². The molecule has 0 saturated heterocycles. The zero-order valence-corrected chi connectivity index (χ0v) is 12.2. The molecular formula is C16H10INO. The lowest BCUT2D eigenvalue weighted by atomic mass is 9.99. The van der Waals surface area contributed by atoms with Crippen LogP contribution >= 0.6 is 22.6 Å². The van der Waals surface area contributed by atoms with Crippen LogP contribution in [0.4, 0.5) is 0 Å². The number of hydrogen-bond donors (Lipinski definition) is 0. The van der Waals surface area contributed by atoms with Gasteiger partial charge in [0.05, 0.1) is 10.1 Å². The second-order valence-corrected chi connectivity index (χ2v) is 5.85. The third-order valence-electron chi connectivity index (χ3n) is 3.57. The van der Waals surface area contributed by atoms with E-state index in [4.69, 9.17) is 4.52 Å². The fourth-order valence-corrected chi connectivity index (χ4v) is 3.77. The summed E-state index contributed by atoms with van der Waals surface area (Å²) < 4.78 is 5.84. The molecule has 1 atom stereocenters. The van der Waals surface area contributed by atoms with Crippen molar-refractivity contribution < 1.29 is 4.52 Å². The monoisotopic (exact) mass is 359 g/mol. The largest absolute Gasteiger partial charge is 0.356 e. The van der Waals surface area contributed by atoms with Gasteiger partial charge in [-0.2, -0.15) is 0 Å². The Morgan fingerprint density at radius 2 is 1.47 bits per heavy atom. The molecule has 19 heavy (non-hydrogen) atoms. The van der Waals surface area contributed by atoms with Gasteiger partial charge in [-0.25, -0.2) is 0 Å². The van der Waals surface area contributed by atoms with Crippen molar-refractivity contribution >= 4 is 22.6 Å². The Kier molecular flexibility index (Phi) is 2.48. The molecule has 0 spiro atoms. The first-order valence-corrected chi connectivity index (χ1v) is 7.38. The molecule has 3 heteroatoms. The Bertz CT molecular complexity index is 701. The summed E-state index contributed by atoms with van der Waals surface area (Å²) in [6.45, 7) is 0. The molecule has 2 aromatic carbocycles. The summed E-state index contributed by atoms with van der Waals surface area (Å²) in [7, 11) is 0. The Hall–Kier alpha value is -1.62. The Morgan fingerprint density at radius 3 is 2.26 bits per heavy atom. The van der Waals surface area contributed by atoms with Crippen LogP contribution in [0.5, 0.6) is 0 Å². The lowest BCUT2D eigenvalue weighted by molar-refractivity contribution is 0.432. The highest BCUT2D eigenvalue weighted by Gasteiger charge is 2.27. The van der Waals surface area contributed by atoms with Gasteiger partial charge in [0.2, 0.25) is 0 Å². The Labute approximate surface area is 124 Å². The summed E-state index contributed by atoms with van der Waals surface area (Å²) in [5, 5.41) is 3.99. The summed E-state index contributed by atoms with van der Waals surface area (Å²) in [5.41, 5.74) is 6.05. The van der Waals surface area contributed by atoms with Crippen molar-refractivity contribution in [3.05, 3.63) is 65.9 Å². The predicted octanol–water partition coefficient (Wildman–Crippen LogP) is 4.85. The van der Waals surface area contributed by atoms with E-state index in [1.165, 1.54) is 16.7 Å². The fourth-order valence-electron chi connectivity index (χ4n) is 2.68.